The molecule has 0 spiro atoms. The van der Waals surface area contributed by atoms with E-state index >= 15 is 0 Å². The average molecular weight is 1740 g/mol. The van der Waals surface area contributed by atoms with E-state index in [9.17, 15) is 0 Å². The number of hydrogen-bond acceptors (Lipinski definition) is 9. The molecule has 5 aliphatic rings. The maximum Gasteiger partial charge on any atom is 0.0705 e. The van der Waals surface area contributed by atoms with Crippen molar-refractivity contribution in [3.05, 3.63) is 273 Å². The highest BCUT2D eigenvalue weighted by molar-refractivity contribution is 5.87. The summed E-state index contributed by atoms with van der Waals surface area (Å²) < 4.78 is 3.82. The zero-order valence-electron chi connectivity index (χ0n) is 86.6. The Morgan fingerprint density at radius 2 is 0.899 bits per heavy atom. The molecule has 2 atom stereocenters. The van der Waals surface area contributed by atoms with Crippen LogP contribution in [0.3, 0.4) is 0 Å². The first-order valence-electron chi connectivity index (χ1n) is 47.6. The number of benzene rings is 7. The summed E-state index contributed by atoms with van der Waals surface area (Å²) in [6.45, 7) is 75.6. The van der Waals surface area contributed by atoms with Gasteiger partial charge in [-0.25, -0.2) is 0 Å². The fourth-order valence-corrected chi connectivity index (χ4v) is 17.5. The van der Waals surface area contributed by atoms with Crippen molar-refractivity contribution in [1.29, 1.82) is 0 Å². The van der Waals surface area contributed by atoms with E-state index in [1.165, 1.54) is 132 Å². The Morgan fingerprint density at radius 3 is 1.40 bits per heavy atom. The average Bonchev–Trinajstić information content (AvgIpc) is 1.68. The summed E-state index contributed by atoms with van der Waals surface area (Å²) in [7, 11) is 6.26. The number of allylic oxidation sites excluding steroid dienone is 1. The SMILES string of the molecule is CC.CC(C)(C)C1=CC=NC1.CC(C)(C)C1Cc2ccccc2C1.CC(C)(C)c1ccc2[nH]ncc2c1.CC(C)(C)c1ccc2c(c1)CN=C2.CC(C)(C)c1cccc2[nH]ncc12.CC(C)(C)c1cccc2ncccc12.CN1C2CCC1CC(C(C)(C)C)C2.Cc1ccc2ncccc2c1C(C)(C)C.Cn1ncc2cc(C(C)(C)C)ccc21.Cn1nccc1C(C)(C)C. The molecule has 2 saturated heterocycles. The molecule has 13 aromatic rings. The predicted octanol–water partition coefficient (Wildman–Crippen LogP) is 30.0. The van der Waals surface area contributed by atoms with Crippen molar-refractivity contribution in [3.8, 4) is 0 Å². The first-order chi connectivity index (χ1) is 60.0. The number of aromatic nitrogens is 10. The topological polar surface area (TPSA) is 147 Å². The first kappa shape index (κ1) is 104. The Labute approximate surface area is 779 Å². The number of hydrogen-bond donors (Lipinski definition) is 2. The minimum Gasteiger partial charge on any atom is -0.300 e. The standard InChI is InChI=1S/C14H17N.C13H15N.C13H18.C12H16N2.C12H23N.C12H15N.2C11H14N2.C8H14N2.C8H13N.C2H6/c1-10-7-8-12-11(6-5-9-15-12)13(10)14(2,3)4;1-13(2,3)11-7-4-8-12-10(11)6-5-9-14-12;1-13(2,3)12-8-10-6-4-5-7-11(10)9-12;1-12(2,3)10-5-6-11-9(7-10)8-13-14(11)4;1-12(2,3)9-7-10-5-6-11(8-9)13(10)4;1-12(2,3)11-5-4-9-7-13-8-10(9)6-11;1-11(2,3)9-4-5-10-8(6-9)7-12-13-10;1-11(2,3)9-5-4-6-10-8(9)7-12-13-10;1-8(2,3)7-5-6-9-10(7)4;1-8(2,3)7-4-5-9-6-7;1-2/h5-9H,1-4H3;4-9H,1-3H3;4-7,12H,8-9H2,1-3H3;5-8H,1-4H3;9-11H,5-8H2,1-4H3;4-7H,8H2,1-3H3;2*4-7H,1-3H3,(H,12,13);5-6H,1-4H3;4-5H,6H2,1-3H3;1-2H3. The van der Waals surface area contributed by atoms with Crippen molar-refractivity contribution >= 4 is 66.9 Å². The van der Waals surface area contributed by atoms with Gasteiger partial charge in [-0.2, -0.15) is 20.4 Å². The largest absolute Gasteiger partial charge is 0.300 e. The van der Waals surface area contributed by atoms with Gasteiger partial charge in [-0.3, -0.25) is 39.5 Å². The second kappa shape index (κ2) is 43.4. The molecule has 0 radical (unpaired) electrons. The van der Waals surface area contributed by atoms with E-state index < -0.39 is 0 Å². The number of pyridine rings is 2. The summed E-state index contributed by atoms with van der Waals surface area (Å²) in [5.74, 6) is 1.80. The van der Waals surface area contributed by atoms with Gasteiger partial charge in [-0.1, -0.05) is 319 Å². The Morgan fingerprint density at radius 1 is 0.380 bits per heavy atom. The number of aromatic amines is 2. The molecule has 0 saturated carbocycles. The van der Waals surface area contributed by atoms with Gasteiger partial charge in [-0.15, -0.1) is 0 Å². The number of nitrogens with one attached hydrogen (secondary N) is 2. The molecule has 4 aliphatic heterocycles. The number of H-pyrrole nitrogens is 2. The molecule has 2 unspecified atom stereocenters. The van der Waals surface area contributed by atoms with Gasteiger partial charge in [0.25, 0.3) is 0 Å². The van der Waals surface area contributed by atoms with Gasteiger partial charge in [0, 0.05) is 95.2 Å². The number of nitrogens with zero attached hydrogens (tertiary/aromatic N) is 11. The molecular weight excluding hydrogens is 1580 g/mol. The van der Waals surface area contributed by atoms with Crippen LogP contribution in [0.15, 0.2) is 217 Å². The van der Waals surface area contributed by atoms with E-state index in [-0.39, 0.29) is 37.9 Å². The smallest absolute Gasteiger partial charge is 0.0705 e. The predicted molar refractivity (Wildman–Crippen MR) is 559 cm³/mol. The molecule has 2 bridgehead atoms. The fraction of sp³-hybridized carbons (Fsp3) is 0.500. The first-order valence-corrected chi connectivity index (χ1v) is 47.6. The number of fused-ring (bicyclic) bond motifs is 9. The van der Waals surface area contributed by atoms with E-state index in [1.54, 1.807) is 11.1 Å². The number of rotatable bonds is 0. The van der Waals surface area contributed by atoms with Crippen LogP contribution in [0.4, 0.5) is 0 Å². The lowest BCUT2D eigenvalue weighted by atomic mass is 9.73. The second-order valence-corrected chi connectivity index (χ2v) is 46.3. The molecule has 13 heteroatoms. The van der Waals surface area contributed by atoms with Gasteiger partial charge in [0.1, 0.15) is 0 Å². The van der Waals surface area contributed by atoms with Gasteiger partial charge >= 0.3 is 0 Å². The van der Waals surface area contributed by atoms with Crippen LogP contribution in [0.2, 0.25) is 0 Å². The van der Waals surface area contributed by atoms with Crippen LogP contribution in [-0.2, 0) is 71.4 Å². The summed E-state index contributed by atoms with van der Waals surface area (Å²) in [6, 6.07) is 57.6. The van der Waals surface area contributed by atoms with Crippen LogP contribution in [-0.4, -0.2) is 92.9 Å². The van der Waals surface area contributed by atoms with Crippen LogP contribution >= 0.6 is 0 Å². The zero-order valence-corrected chi connectivity index (χ0v) is 86.6. The molecule has 7 aromatic carbocycles. The monoisotopic (exact) mass is 1740 g/mol. The molecule has 2 fully saturated rings. The Hall–Kier alpha value is -9.98. The molecule has 694 valence electrons. The highest BCUT2D eigenvalue weighted by Gasteiger charge is 2.42. The Balaban J connectivity index is 0.000000177. The highest BCUT2D eigenvalue weighted by atomic mass is 15.3. The maximum atomic E-state index is 4.40. The van der Waals surface area contributed by atoms with Crippen molar-refractivity contribution in [1.82, 2.24) is 54.8 Å². The summed E-state index contributed by atoms with van der Waals surface area (Å²) in [4.78, 5) is 19.7. The minimum atomic E-state index is 0.173. The molecular formula is C116H165N13. The maximum absolute atomic E-state index is 4.40. The summed E-state index contributed by atoms with van der Waals surface area (Å²) in [5, 5.41) is 28.5. The van der Waals surface area contributed by atoms with Gasteiger partial charge in [0.05, 0.1) is 59.3 Å². The highest BCUT2D eigenvalue weighted by Crippen LogP contribution is 2.45. The van der Waals surface area contributed by atoms with Crippen LogP contribution < -0.4 is 0 Å². The van der Waals surface area contributed by atoms with Crippen molar-refractivity contribution in [2.75, 3.05) is 13.6 Å². The van der Waals surface area contributed by atoms with Crippen molar-refractivity contribution in [2.24, 2.45) is 52.2 Å². The van der Waals surface area contributed by atoms with E-state index in [0.717, 1.165) is 59.1 Å². The lowest BCUT2D eigenvalue weighted by Crippen LogP contribution is -2.43. The summed E-state index contributed by atoms with van der Waals surface area (Å²) >= 11 is 0. The Kier molecular flexibility index (Phi) is 35.1. The van der Waals surface area contributed by atoms with E-state index in [4.69, 9.17) is 0 Å². The third-order valence-electron chi connectivity index (χ3n) is 25.7. The summed E-state index contributed by atoms with van der Waals surface area (Å²) in [6.07, 6.45) is 25.5. The molecule has 18 rings (SSSR count). The van der Waals surface area contributed by atoms with E-state index in [0.29, 0.717) is 16.2 Å². The second-order valence-electron chi connectivity index (χ2n) is 46.3. The molecule has 1 aliphatic carbocycles. The third kappa shape index (κ3) is 29.5. The lowest BCUT2D eigenvalue weighted by molar-refractivity contribution is 0.0736. The molecule has 10 heterocycles. The normalized spacial score (nSPS) is 16.1. The third-order valence-corrected chi connectivity index (χ3v) is 25.7. The van der Waals surface area contributed by atoms with Crippen LogP contribution in [0.5, 0.6) is 0 Å². The lowest BCUT2D eigenvalue weighted by Gasteiger charge is -2.42. The number of piperidine rings is 1. The van der Waals surface area contributed by atoms with Crippen molar-refractivity contribution in [3.63, 3.8) is 0 Å². The molecule has 6 aromatic heterocycles. The van der Waals surface area contributed by atoms with E-state index in [1.807, 2.05) is 99.0 Å². The molecule has 0 amide bonds. The fourth-order valence-electron chi connectivity index (χ4n) is 17.5. The Bertz CT molecular complexity index is 5770. The van der Waals surface area contributed by atoms with Gasteiger partial charge in [0.15, 0.2) is 0 Å². The molecule has 2 N–H and O–H groups in total. The molecule has 129 heavy (non-hydrogen) atoms. The number of aryl methyl sites for hydroxylation is 3. The van der Waals surface area contributed by atoms with E-state index in [2.05, 4.69) is 429 Å². The quantitative estimate of drug-likeness (QED) is 0.154. The number of aliphatic imine (C=N–C) groups is 2. The van der Waals surface area contributed by atoms with Crippen molar-refractivity contribution < 1.29 is 0 Å². The zero-order chi connectivity index (χ0) is 95.8. The van der Waals surface area contributed by atoms with Crippen LogP contribution in [0.1, 0.15) is 314 Å². The minimum absolute atomic E-state index is 0.173. The van der Waals surface area contributed by atoms with Crippen molar-refractivity contribution in [2.45, 2.75) is 324 Å². The van der Waals surface area contributed by atoms with Gasteiger partial charge in [-0.05, 0) is 247 Å². The van der Waals surface area contributed by atoms with Crippen LogP contribution in [0, 0.1) is 35.0 Å². The molecule has 13 nitrogen and oxygen atoms in total. The van der Waals surface area contributed by atoms with Gasteiger partial charge in [0.2, 0.25) is 0 Å². The van der Waals surface area contributed by atoms with Gasteiger partial charge < -0.3 is 4.90 Å². The van der Waals surface area contributed by atoms with Crippen LogP contribution in [0.25, 0.3) is 54.5 Å². The summed E-state index contributed by atoms with van der Waals surface area (Å²) in [5.41, 5.74) is 26.4.